The van der Waals surface area contributed by atoms with Crippen molar-refractivity contribution in [1.82, 2.24) is 19.7 Å². The molecule has 0 aliphatic rings. The molecule has 2 heterocycles. The van der Waals surface area contributed by atoms with Crippen LogP contribution in [-0.2, 0) is 12.8 Å². The van der Waals surface area contributed by atoms with Crippen molar-refractivity contribution < 1.29 is 4.74 Å². The molecule has 136 valence electrons. The van der Waals surface area contributed by atoms with Crippen molar-refractivity contribution in [3.05, 3.63) is 65.7 Å². The minimum atomic E-state index is 0.757. The third kappa shape index (κ3) is 3.89. The van der Waals surface area contributed by atoms with Crippen molar-refractivity contribution in [2.24, 2.45) is 7.05 Å². The van der Waals surface area contributed by atoms with Crippen molar-refractivity contribution in [2.45, 2.75) is 10.9 Å². The Balaban J connectivity index is 1.45. The van der Waals surface area contributed by atoms with Gasteiger partial charge in [-0.05, 0) is 24.3 Å². The lowest BCUT2D eigenvalue weighted by atomic mass is 10.2. The number of benzene rings is 2. The Kier molecular flexibility index (Phi) is 5.22. The van der Waals surface area contributed by atoms with E-state index in [1.807, 2.05) is 66.2 Å². The van der Waals surface area contributed by atoms with Gasteiger partial charge in [0.1, 0.15) is 10.8 Å². The normalized spacial score (nSPS) is 10.9. The summed E-state index contributed by atoms with van der Waals surface area (Å²) < 4.78 is 7.23. The predicted octanol–water partition coefficient (Wildman–Crippen LogP) is 4.91. The maximum Gasteiger partial charge on any atom is 0.191 e. The molecule has 2 aromatic heterocycles. The van der Waals surface area contributed by atoms with E-state index in [4.69, 9.17) is 9.72 Å². The molecule has 0 spiro atoms. The van der Waals surface area contributed by atoms with E-state index >= 15 is 0 Å². The Bertz CT molecular complexity index is 1030. The Morgan fingerprint density at radius 3 is 2.52 bits per heavy atom. The van der Waals surface area contributed by atoms with Crippen LogP contribution >= 0.6 is 23.1 Å². The molecule has 0 amide bonds. The number of hydrogen-bond acceptors (Lipinski definition) is 6. The van der Waals surface area contributed by atoms with Crippen LogP contribution < -0.4 is 4.74 Å². The summed E-state index contributed by atoms with van der Waals surface area (Å²) in [5.74, 6) is 2.48. The summed E-state index contributed by atoms with van der Waals surface area (Å²) >= 11 is 3.29. The average molecular weight is 395 g/mol. The summed E-state index contributed by atoms with van der Waals surface area (Å²) in [5, 5.41) is 12.6. The van der Waals surface area contributed by atoms with E-state index in [0.29, 0.717) is 0 Å². The van der Waals surface area contributed by atoms with Gasteiger partial charge < -0.3 is 9.30 Å². The van der Waals surface area contributed by atoms with Gasteiger partial charge in [0.25, 0.3) is 0 Å². The number of thiazole rings is 1. The SMILES string of the molecule is COc1ccc(-c2nc(CSc3nnc(-c4ccccc4)n3C)cs2)cc1. The molecule has 0 bridgehead atoms. The second-order valence-electron chi connectivity index (χ2n) is 5.89. The van der Waals surface area contributed by atoms with Crippen LogP contribution in [-0.4, -0.2) is 26.9 Å². The molecule has 0 saturated heterocycles. The van der Waals surface area contributed by atoms with Crippen LogP contribution in [0.15, 0.2) is 65.1 Å². The Morgan fingerprint density at radius 2 is 1.78 bits per heavy atom. The van der Waals surface area contributed by atoms with Crippen molar-refractivity contribution in [2.75, 3.05) is 7.11 Å². The Labute approximate surface area is 166 Å². The zero-order valence-corrected chi connectivity index (χ0v) is 16.6. The minimum absolute atomic E-state index is 0.757. The van der Waals surface area contributed by atoms with Gasteiger partial charge in [0.15, 0.2) is 11.0 Å². The van der Waals surface area contributed by atoms with Crippen LogP contribution in [0.5, 0.6) is 5.75 Å². The molecule has 0 aliphatic heterocycles. The minimum Gasteiger partial charge on any atom is -0.497 e. The van der Waals surface area contributed by atoms with Crippen LogP contribution in [0.1, 0.15) is 5.69 Å². The lowest BCUT2D eigenvalue weighted by Gasteiger charge is -2.03. The number of methoxy groups -OCH3 is 1. The fourth-order valence-corrected chi connectivity index (χ4v) is 4.39. The topological polar surface area (TPSA) is 52.8 Å². The second kappa shape index (κ2) is 7.94. The molecule has 7 heteroatoms. The number of ether oxygens (including phenoxy) is 1. The van der Waals surface area contributed by atoms with Gasteiger partial charge >= 0.3 is 0 Å². The van der Waals surface area contributed by atoms with Crippen molar-refractivity contribution >= 4 is 23.1 Å². The summed E-state index contributed by atoms with van der Waals surface area (Å²) in [5.41, 5.74) is 3.21. The number of thioether (sulfide) groups is 1. The lowest BCUT2D eigenvalue weighted by Crippen LogP contribution is -1.95. The lowest BCUT2D eigenvalue weighted by molar-refractivity contribution is 0.415. The van der Waals surface area contributed by atoms with Gasteiger partial charge in [-0.1, -0.05) is 42.1 Å². The first-order valence-corrected chi connectivity index (χ1v) is 10.3. The van der Waals surface area contributed by atoms with E-state index in [-0.39, 0.29) is 0 Å². The smallest absolute Gasteiger partial charge is 0.191 e. The van der Waals surface area contributed by atoms with Gasteiger partial charge in [-0.25, -0.2) is 4.98 Å². The summed E-state index contributed by atoms with van der Waals surface area (Å²) in [6, 6.07) is 18.1. The molecule has 2 aromatic carbocycles. The van der Waals surface area contributed by atoms with Gasteiger partial charge in [0.05, 0.1) is 12.8 Å². The maximum atomic E-state index is 5.21. The van der Waals surface area contributed by atoms with E-state index in [9.17, 15) is 0 Å². The third-order valence-corrected chi connectivity index (χ3v) is 6.10. The van der Waals surface area contributed by atoms with Crippen LogP contribution in [0.2, 0.25) is 0 Å². The Hall–Kier alpha value is -2.64. The molecule has 0 radical (unpaired) electrons. The molecule has 0 aliphatic carbocycles. The highest BCUT2D eigenvalue weighted by Crippen LogP contribution is 2.29. The third-order valence-electron chi connectivity index (χ3n) is 4.10. The molecule has 4 aromatic rings. The number of hydrogen-bond donors (Lipinski definition) is 0. The molecule has 0 fully saturated rings. The van der Waals surface area contributed by atoms with Gasteiger partial charge in [-0.3, -0.25) is 0 Å². The van der Waals surface area contributed by atoms with Gasteiger partial charge in [0, 0.05) is 29.3 Å². The quantitative estimate of drug-likeness (QED) is 0.435. The molecule has 0 unspecified atom stereocenters. The van der Waals surface area contributed by atoms with Crippen LogP contribution in [0, 0.1) is 0 Å². The largest absolute Gasteiger partial charge is 0.497 e. The van der Waals surface area contributed by atoms with Gasteiger partial charge in [0.2, 0.25) is 0 Å². The first kappa shape index (κ1) is 17.8. The van der Waals surface area contributed by atoms with E-state index in [1.165, 1.54) is 0 Å². The molecule has 4 rings (SSSR count). The van der Waals surface area contributed by atoms with Crippen molar-refractivity contribution in [3.8, 4) is 27.7 Å². The summed E-state index contributed by atoms with van der Waals surface area (Å²) in [4.78, 5) is 4.75. The molecule has 0 atom stereocenters. The monoisotopic (exact) mass is 394 g/mol. The molecular formula is C20H18N4OS2. The fraction of sp³-hybridized carbons (Fsp3) is 0.150. The zero-order valence-electron chi connectivity index (χ0n) is 15.0. The highest BCUT2D eigenvalue weighted by atomic mass is 32.2. The van der Waals surface area contributed by atoms with Crippen molar-refractivity contribution in [1.29, 1.82) is 0 Å². The molecule has 0 saturated carbocycles. The van der Waals surface area contributed by atoms with Crippen LogP contribution in [0.25, 0.3) is 22.0 Å². The summed E-state index contributed by atoms with van der Waals surface area (Å²) in [6.07, 6.45) is 0. The maximum absolute atomic E-state index is 5.21. The van der Waals surface area contributed by atoms with E-state index in [1.54, 1.807) is 30.2 Å². The molecular weight excluding hydrogens is 376 g/mol. The van der Waals surface area contributed by atoms with E-state index < -0.39 is 0 Å². The van der Waals surface area contributed by atoms with Gasteiger partial charge in [-0.15, -0.1) is 21.5 Å². The first-order chi connectivity index (χ1) is 13.2. The Morgan fingerprint density at radius 1 is 1.00 bits per heavy atom. The number of nitrogens with zero attached hydrogens (tertiary/aromatic N) is 4. The van der Waals surface area contributed by atoms with Crippen LogP contribution in [0.4, 0.5) is 0 Å². The second-order valence-corrected chi connectivity index (χ2v) is 7.69. The number of aromatic nitrogens is 4. The van der Waals surface area contributed by atoms with Crippen molar-refractivity contribution in [3.63, 3.8) is 0 Å². The first-order valence-electron chi connectivity index (χ1n) is 8.41. The molecule has 5 nitrogen and oxygen atoms in total. The molecule has 27 heavy (non-hydrogen) atoms. The fourth-order valence-electron chi connectivity index (χ4n) is 2.66. The highest BCUT2D eigenvalue weighted by molar-refractivity contribution is 7.98. The average Bonchev–Trinajstić information content (AvgIpc) is 3.34. The highest BCUT2D eigenvalue weighted by Gasteiger charge is 2.12. The standard InChI is InChI=1S/C20H18N4OS2/c1-24-18(14-6-4-3-5-7-14)22-23-20(24)27-13-16-12-26-19(21-16)15-8-10-17(25-2)11-9-15/h3-12H,13H2,1-2H3. The van der Waals surface area contributed by atoms with Gasteiger partial charge in [-0.2, -0.15) is 0 Å². The predicted molar refractivity (Wildman–Crippen MR) is 110 cm³/mol. The van der Waals surface area contributed by atoms with Crippen LogP contribution in [0.3, 0.4) is 0 Å². The summed E-state index contributed by atoms with van der Waals surface area (Å²) in [7, 11) is 3.66. The van der Waals surface area contributed by atoms with E-state index in [2.05, 4.69) is 15.6 Å². The number of rotatable bonds is 6. The molecule has 0 N–H and O–H groups in total. The zero-order chi connectivity index (χ0) is 18.6. The summed E-state index contributed by atoms with van der Waals surface area (Å²) in [6.45, 7) is 0. The van der Waals surface area contributed by atoms with E-state index in [0.717, 1.165) is 44.3 Å².